The molecule has 1 unspecified atom stereocenters. The molecular formula is C13H16FN3O. The summed E-state index contributed by atoms with van der Waals surface area (Å²) in [5, 5.41) is 6.38. The van der Waals surface area contributed by atoms with Gasteiger partial charge in [0.2, 0.25) is 5.91 Å². The Bertz CT molecular complexity index is 471. The number of nitrogens with one attached hydrogen (secondary N) is 2. The van der Waals surface area contributed by atoms with Crippen LogP contribution in [0.25, 0.3) is 0 Å². The predicted octanol–water partition coefficient (Wildman–Crippen LogP) is 0.276. The molecule has 1 fully saturated rings. The van der Waals surface area contributed by atoms with E-state index in [1.165, 1.54) is 12.1 Å². The highest BCUT2D eigenvalue weighted by Crippen LogP contribution is 2.29. The van der Waals surface area contributed by atoms with Crippen LogP contribution in [0.2, 0.25) is 0 Å². The van der Waals surface area contributed by atoms with Crippen LogP contribution in [0.5, 0.6) is 0 Å². The Morgan fingerprint density at radius 2 is 2.28 bits per heavy atom. The second kappa shape index (κ2) is 4.66. The molecule has 0 aromatic heterocycles. The number of anilines is 1. The molecule has 1 saturated heterocycles. The molecule has 2 heterocycles. The monoisotopic (exact) mass is 249 g/mol. The molecule has 0 spiro atoms. The van der Waals surface area contributed by atoms with Gasteiger partial charge in [-0.2, -0.15) is 0 Å². The number of halogens is 1. The maximum absolute atomic E-state index is 13.3. The van der Waals surface area contributed by atoms with Crippen molar-refractivity contribution in [3.8, 4) is 0 Å². The van der Waals surface area contributed by atoms with Gasteiger partial charge in [0.05, 0.1) is 6.04 Å². The standard InChI is InChI=1S/C13H16FN3O/c14-10-2-1-9-3-6-17(12(9)7-10)13(18)11-8-15-4-5-16-11/h1-2,7,11,15-16H,3-6,8H2. The number of piperazine rings is 1. The Morgan fingerprint density at radius 1 is 1.39 bits per heavy atom. The number of amides is 1. The maximum atomic E-state index is 13.3. The summed E-state index contributed by atoms with van der Waals surface area (Å²) in [6.45, 7) is 2.96. The number of fused-ring (bicyclic) bond motifs is 1. The van der Waals surface area contributed by atoms with E-state index < -0.39 is 0 Å². The van der Waals surface area contributed by atoms with Gasteiger partial charge in [0.1, 0.15) is 5.82 Å². The summed E-state index contributed by atoms with van der Waals surface area (Å²) in [5.41, 5.74) is 1.78. The second-order valence-electron chi connectivity index (χ2n) is 4.72. The van der Waals surface area contributed by atoms with Crippen molar-refractivity contribution in [3.05, 3.63) is 29.6 Å². The van der Waals surface area contributed by atoms with Crippen molar-refractivity contribution in [3.63, 3.8) is 0 Å². The van der Waals surface area contributed by atoms with E-state index in [0.717, 1.165) is 30.8 Å². The van der Waals surface area contributed by atoms with E-state index in [0.29, 0.717) is 13.1 Å². The summed E-state index contributed by atoms with van der Waals surface area (Å²) in [6.07, 6.45) is 0.807. The van der Waals surface area contributed by atoms with Crippen LogP contribution in [0.4, 0.5) is 10.1 Å². The molecule has 3 rings (SSSR count). The van der Waals surface area contributed by atoms with Crippen LogP contribution >= 0.6 is 0 Å². The summed E-state index contributed by atoms with van der Waals surface area (Å²) in [4.78, 5) is 14.1. The lowest BCUT2D eigenvalue weighted by molar-refractivity contribution is -0.120. The van der Waals surface area contributed by atoms with Gasteiger partial charge >= 0.3 is 0 Å². The smallest absolute Gasteiger partial charge is 0.245 e. The average Bonchev–Trinajstić information content (AvgIpc) is 2.82. The van der Waals surface area contributed by atoms with Gasteiger partial charge < -0.3 is 15.5 Å². The topological polar surface area (TPSA) is 44.4 Å². The first kappa shape index (κ1) is 11.6. The van der Waals surface area contributed by atoms with Crippen LogP contribution in [-0.2, 0) is 11.2 Å². The van der Waals surface area contributed by atoms with Crippen molar-refractivity contribution in [2.24, 2.45) is 0 Å². The fraction of sp³-hybridized carbons (Fsp3) is 0.462. The summed E-state index contributed by atoms with van der Waals surface area (Å²) < 4.78 is 13.3. The van der Waals surface area contributed by atoms with Crippen LogP contribution in [-0.4, -0.2) is 38.1 Å². The van der Waals surface area contributed by atoms with Crippen molar-refractivity contribution in [1.82, 2.24) is 10.6 Å². The molecule has 5 heteroatoms. The summed E-state index contributed by atoms with van der Waals surface area (Å²) >= 11 is 0. The fourth-order valence-corrected chi connectivity index (χ4v) is 2.60. The summed E-state index contributed by atoms with van der Waals surface area (Å²) in [6, 6.07) is 4.47. The lowest BCUT2D eigenvalue weighted by atomic mass is 10.1. The second-order valence-corrected chi connectivity index (χ2v) is 4.72. The van der Waals surface area contributed by atoms with Gasteiger partial charge in [0, 0.05) is 31.9 Å². The lowest BCUT2D eigenvalue weighted by Gasteiger charge is -2.28. The maximum Gasteiger partial charge on any atom is 0.245 e. The van der Waals surface area contributed by atoms with E-state index in [4.69, 9.17) is 0 Å². The molecule has 1 aromatic rings. The molecule has 0 bridgehead atoms. The highest BCUT2D eigenvalue weighted by atomic mass is 19.1. The molecule has 2 aliphatic heterocycles. The Morgan fingerprint density at radius 3 is 3.06 bits per heavy atom. The number of hydrogen-bond acceptors (Lipinski definition) is 3. The molecule has 4 nitrogen and oxygen atoms in total. The van der Waals surface area contributed by atoms with E-state index in [-0.39, 0.29) is 17.8 Å². The number of carbonyl (C=O) groups is 1. The first-order chi connectivity index (χ1) is 8.75. The van der Waals surface area contributed by atoms with Crippen LogP contribution in [0.1, 0.15) is 5.56 Å². The number of benzene rings is 1. The Kier molecular flexibility index (Phi) is 3.01. The quantitative estimate of drug-likeness (QED) is 0.751. The molecule has 0 radical (unpaired) electrons. The van der Waals surface area contributed by atoms with E-state index in [1.54, 1.807) is 11.0 Å². The third kappa shape index (κ3) is 2.00. The molecule has 96 valence electrons. The fourth-order valence-electron chi connectivity index (χ4n) is 2.60. The van der Waals surface area contributed by atoms with Gasteiger partial charge in [0.15, 0.2) is 0 Å². The van der Waals surface area contributed by atoms with Crippen LogP contribution in [0.15, 0.2) is 18.2 Å². The van der Waals surface area contributed by atoms with Crippen molar-refractivity contribution in [1.29, 1.82) is 0 Å². The summed E-state index contributed by atoms with van der Waals surface area (Å²) in [5.74, 6) is -0.255. The van der Waals surface area contributed by atoms with Crippen LogP contribution < -0.4 is 15.5 Å². The molecule has 2 N–H and O–H groups in total. The molecule has 18 heavy (non-hydrogen) atoms. The van der Waals surface area contributed by atoms with Gasteiger partial charge in [-0.1, -0.05) is 6.07 Å². The van der Waals surface area contributed by atoms with E-state index in [1.807, 2.05) is 0 Å². The van der Waals surface area contributed by atoms with Gasteiger partial charge in [-0.15, -0.1) is 0 Å². The molecule has 2 aliphatic rings. The van der Waals surface area contributed by atoms with Gasteiger partial charge in [-0.05, 0) is 24.1 Å². The first-order valence-corrected chi connectivity index (χ1v) is 6.29. The van der Waals surface area contributed by atoms with Gasteiger partial charge in [0.25, 0.3) is 0 Å². The van der Waals surface area contributed by atoms with E-state index in [9.17, 15) is 9.18 Å². The molecule has 1 atom stereocenters. The molecule has 1 amide bonds. The van der Waals surface area contributed by atoms with Crippen molar-refractivity contribution < 1.29 is 9.18 Å². The molecule has 0 saturated carbocycles. The average molecular weight is 249 g/mol. The normalized spacial score (nSPS) is 22.9. The third-order valence-corrected chi connectivity index (χ3v) is 3.55. The van der Waals surface area contributed by atoms with Crippen molar-refractivity contribution in [2.45, 2.75) is 12.5 Å². The van der Waals surface area contributed by atoms with Crippen LogP contribution in [0.3, 0.4) is 0 Å². The number of nitrogens with zero attached hydrogens (tertiary/aromatic N) is 1. The van der Waals surface area contributed by atoms with Crippen molar-refractivity contribution >= 4 is 11.6 Å². The Balaban J connectivity index is 1.82. The number of carbonyl (C=O) groups excluding carboxylic acids is 1. The molecular weight excluding hydrogens is 233 g/mol. The Labute approximate surface area is 105 Å². The minimum absolute atomic E-state index is 0.0338. The number of rotatable bonds is 1. The highest BCUT2D eigenvalue weighted by Gasteiger charge is 2.30. The lowest BCUT2D eigenvalue weighted by Crippen LogP contribution is -2.56. The zero-order valence-corrected chi connectivity index (χ0v) is 10.1. The largest absolute Gasteiger partial charge is 0.313 e. The third-order valence-electron chi connectivity index (χ3n) is 3.55. The SMILES string of the molecule is O=C(C1CNCCN1)N1CCc2ccc(F)cc21. The first-order valence-electron chi connectivity index (χ1n) is 6.29. The zero-order valence-electron chi connectivity index (χ0n) is 10.1. The molecule has 1 aromatic carbocycles. The van der Waals surface area contributed by atoms with Gasteiger partial charge in [-0.3, -0.25) is 4.79 Å². The molecule has 0 aliphatic carbocycles. The van der Waals surface area contributed by atoms with E-state index >= 15 is 0 Å². The predicted molar refractivity (Wildman–Crippen MR) is 67.1 cm³/mol. The Hall–Kier alpha value is -1.46. The van der Waals surface area contributed by atoms with Crippen molar-refractivity contribution in [2.75, 3.05) is 31.1 Å². The van der Waals surface area contributed by atoms with E-state index in [2.05, 4.69) is 10.6 Å². The summed E-state index contributed by atoms with van der Waals surface area (Å²) in [7, 11) is 0. The number of hydrogen-bond donors (Lipinski definition) is 2. The zero-order chi connectivity index (χ0) is 12.5. The van der Waals surface area contributed by atoms with Gasteiger partial charge in [-0.25, -0.2) is 4.39 Å². The highest BCUT2D eigenvalue weighted by molar-refractivity contribution is 5.99. The minimum Gasteiger partial charge on any atom is -0.313 e. The van der Waals surface area contributed by atoms with Crippen LogP contribution in [0, 0.1) is 5.82 Å². The minimum atomic E-state index is -0.289.